The van der Waals surface area contributed by atoms with Crippen molar-refractivity contribution < 1.29 is 9.21 Å². The molecule has 0 spiro atoms. The Labute approximate surface area is 135 Å². The number of fused-ring (bicyclic) bond motifs is 2. The van der Waals surface area contributed by atoms with Gasteiger partial charge in [0.15, 0.2) is 5.76 Å². The molecule has 2 aliphatic rings. The summed E-state index contributed by atoms with van der Waals surface area (Å²) < 4.78 is 5.72. The van der Waals surface area contributed by atoms with Crippen LogP contribution in [0.4, 0.5) is 5.69 Å². The number of nitrogens with one attached hydrogen (secondary N) is 1. The lowest BCUT2D eigenvalue weighted by Crippen LogP contribution is -2.46. The SMILES string of the molecule is Nc1ccccc1-c1ccc(C(=O)N[C@@H]2C[C@@H]3CCN(C3)C2)o1. The standard InChI is InChI=1S/C18H21N3O2/c19-15-4-2-1-3-14(15)16-5-6-17(23-16)18(22)20-13-9-12-7-8-21(10-12)11-13/h1-6,12-13H,7-11,19H2,(H,20,22)/t12-,13+/m0/s1. The van der Waals surface area contributed by atoms with Crippen molar-refractivity contribution >= 4 is 11.6 Å². The Morgan fingerprint density at radius 3 is 2.91 bits per heavy atom. The van der Waals surface area contributed by atoms with Crippen LogP contribution in [0.15, 0.2) is 40.8 Å². The fourth-order valence-corrected chi connectivity index (χ4v) is 3.75. The minimum absolute atomic E-state index is 0.141. The smallest absolute Gasteiger partial charge is 0.287 e. The number of hydrogen-bond acceptors (Lipinski definition) is 4. The molecular weight excluding hydrogens is 290 g/mol. The van der Waals surface area contributed by atoms with Gasteiger partial charge in [-0.25, -0.2) is 0 Å². The van der Waals surface area contributed by atoms with E-state index in [2.05, 4.69) is 10.2 Å². The molecule has 1 unspecified atom stereocenters. The second-order valence-corrected chi connectivity index (χ2v) is 6.57. The lowest BCUT2D eigenvalue weighted by atomic mass is 9.97. The highest BCUT2D eigenvalue weighted by Crippen LogP contribution is 2.29. The first-order valence-electron chi connectivity index (χ1n) is 8.17. The molecule has 3 atom stereocenters. The van der Waals surface area contributed by atoms with E-state index >= 15 is 0 Å². The fourth-order valence-electron chi connectivity index (χ4n) is 3.75. The molecule has 2 saturated heterocycles. The van der Waals surface area contributed by atoms with Crippen molar-refractivity contribution in [1.29, 1.82) is 0 Å². The van der Waals surface area contributed by atoms with Crippen LogP contribution < -0.4 is 11.1 Å². The largest absolute Gasteiger partial charge is 0.451 e. The van der Waals surface area contributed by atoms with E-state index in [9.17, 15) is 4.79 Å². The normalized spacial score (nSPS) is 26.2. The zero-order chi connectivity index (χ0) is 15.8. The maximum Gasteiger partial charge on any atom is 0.287 e. The topological polar surface area (TPSA) is 71.5 Å². The van der Waals surface area contributed by atoms with Crippen molar-refractivity contribution in [3.05, 3.63) is 42.2 Å². The third-order valence-corrected chi connectivity index (χ3v) is 4.86. The van der Waals surface area contributed by atoms with Gasteiger partial charge in [-0.2, -0.15) is 0 Å². The van der Waals surface area contributed by atoms with E-state index in [-0.39, 0.29) is 11.9 Å². The van der Waals surface area contributed by atoms with Crippen LogP contribution in [-0.2, 0) is 0 Å². The van der Waals surface area contributed by atoms with Crippen LogP contribution in [-0.4, -0.2) is 36.5 Å². The van der Waals surface area contributed by atoms with Gasteiger partial charge in [-0.3, -0.25) is 4.79 Å². The van der Waals surface area contributed by atoms with Gasteiger partial charge in [-0.1, -0.05) is 12.1 Å². The number of carbonyl (C=O) groups excluding carboxylic acids is 1. The molecule has 5 nitrogen and oxygen atoms in total. The summed E-state index contributed by atoms with van der Waals surface area (Å²) in [4.78, 5) is 14.8. The van der Waals surface area contributed by atoms with Crippen molar-refractivity contribution in [2.75, 3.05) is 25.4 Å². The average Bonchev–Trinajstić information content (AvgIpc) is 3.15. The first-order valence-corrected chi connectivity index (χ1v) is 8.17. The fraction of sp³-hybridized carbons (Fsp3) is 0.389. The van der Waals surface area contributed by atoms with E-state index < -0.39 is 0 Å². The highest BCUT2D eigenvalue weighted by atomic mass is 16.3. The Hall–Kier alpha value is -2.27. The molecule has 1 aromatic carbocycles. The Bertz CT molecular complexity index is 713. The second kappa shape index (κ2) is 5.74. The highest BCUT2D eigenvalue weighted by molar-refractivity contribution is 5.92. The number of anilines is 1. The highest BCUT2D eigenvalue weighted by Gasteiger charge is 2.33. The number of nitrogens with zero attached hydrogens (tertiary/aromatic N) is 1. The summed E-state index contributed by atoms with van der Waals surface area (Å²) in [7, 11) is 0. The minimum atomic E-state index is -0.141. The van der Waals surface area contributed by atoms with Gasteiger partial charge < -0.3 is 20.4 Å². The first kappa shape index (κ1) is 14.3. The maximum absolute atomic E-state index is 12.4. The van der Waals surface area contributed by atoms with Gasteiger partial charge in [0.05, 0.1) is 0 Å². The predicted octanol–water partition coefficient (Wildman–Crippen LogP) is 2.35. The number of benzene rings is 1. The quantitative estimate of drug-likeness (QED) is 0.854. The Morgan fingerprint density at radius 1 is 1.22 bits per heavy atom. The first-order chi connectivity index (χ1) is 11.2. The number of amides is 1. The number of piperidine rings is 1. The van der Waals surface area contributed by atoms with Crippen LogP contribution in [0.2, 0.25) is 0 Å². The number of nitrogens with two attached hydrogens (primary N) is 1. The Morgan fingerprint density at radius 2 is 2.09 bits per heavy atom. The molecule has 1 amide bonds. The molecule has 0 radical (unpaired) electrons. The Kier molecular flexibility index (Phi) is 3.58. The number of nitrogen functional groups attached to an aromatic ring is 1. The van der Waals surface area contributed by atoms with Crippen molar-refractivity contribution in [1.82, 2.24) is 10.2 Å². The van der Waals surface area contributed by atoms with Crippen LogP contribution in [0.3, 0.4) is 0 Å². The predicted molar refractivity (Wildman–Crippen MR) is 89.0 cm³/mol. The van der Waals surface area contributed by atoms with E-state index in [1.165, 1.54) is 13.0 Å². The zero-order valence-corrected chi connectivity index (χ0v) is 13.0. The van der Waals surface area contributed by atoms with Gasteiger partial charge in [0.1, 0.15) is 5.76 Å². The van der Waals surface area contributed by atoms with Crippen molar-refractivity contribution in [2.24, 2.45) is 5.92 Å². The van der Waals surface area contributed by atoms with Gasteiger partial charge in [0.25, 0.3) is 5.91 Å². The van der Waals surface area contributed by atoms with Crippen molar-refractivity contribution in [3.8, 4) is 11.3 Å². The molecule has 4 rings (SSSR count). The van der Waals surface area contributed by atoms with E-state index in [0.29, 0.717) is 17.2 Å². The van der Waals surface area contributed by atoms with Gasteiger partial charge in [-0.15, -0.1) is 0 Å². The summed E-state index contributed by atoms with van der Waals surface area (Å²) >= 11 is 0. The van der Waals surface area contributed by atoms with E-state index in [0.717, 1.165) is 31.0 Å². The van der Waals surface area contributed by atoms with Crippen molar-refractivity contribution in [2.45, 2.75) is 18.9 Å². The molecule has 3 N–H and O–H groups in total. The lowest BCUT2D eigenvalue weighted by Gasteiger charge is -2.30. The number of hydrogen-bond donors (Lipinski definition) is 2. The van der Waals surface area contributed by atoms with Crippen LogP contribution in [0.25, 0.3) is 11.3 Å². The zero-order valence-electron chi connectivity index (χ0n) is 13.0. The van der Waals surface area contributed by atoms with E-state index in [1.807, 2.05) is 24.3 Å². The summed E-state index contributed by atoms with van der Waals surface area (Å²) in [6.45, 7) is 3.29. The molecule has 2 aromatic rings. The molecule has 5 heteroatoms. The maximum atomic E-state index is 12.4. The molecular formula is C18H21N3O2. The third-order valence-electron chi connectivity index (χ3n) is 4.86. The van der Waals surface area contributed by atoms with E-state index in [4.69, 9.17) is 10.2 Å². The molecule has 3 heterocycles. The van der Waals surface area contributed by atoms with Crippen LogP contribution in [0.1, 0.15) is 23.4 Å². The molecule has 0 aliphatic carbocycles. The number of furan rings is 1. The summed E-state index contributed by atoms with van der Waals surface area (Å²) in [6.07, 6.45) is 2.33. The van der Waals surface area contributed by atoms with Crippen LogP contribution in [0, 0.1) is 5.92 Å². The summed E-state index contributed by atoms with van der Waals surface area (Å²) in [5.41, 5.74) is 7.42. The molecule has 0 saturated carbocycles. The van der Waals surface area contributed by atoms with E-state index in [1.54, 1.807) is 12.1 Å². The van der Waals surface area contributed by atoms with Crippen molar-refractivity contribution in [3.63, 3.8) is 0 Å². The molecule has 120 valence electrons. The van der Waals surface area contributed by atoms with Crippen LogP contribution in [0.5, 0.6) is 0 Å². The monoisotopic (exact) mass is 311 g/mol. The van der Waals surface area contributed by atoms with Gasteiger partial charge in [-0.05, 0) is 49.6 Å². The number of para-hydroxylation sites is 1. The molecule has 2 bridgehead atoms. The molecule has 23 heavy (non-hydrogen) atoms. The third kappa shape index (κ3) is 2.84. The van der Waals surface area contributed by atoms with Gasteiger partial charge in [0, 0.05) is 30.4 Å². The summed E-state index contributed by atoms with van der Waals surface area (Å²) in [5, 5.41) is 3.11. The number of carbonyl (C=O) groups is 1. The van der Waals surface area contributed by atoms with Gasteiger partial charge >= 0.3 is 0 Å². The summed E-state index contributed by atoms with van der Waals surface area (Å²) in [6, 6.07) is 11.2. The molecule has 2 aliphatic heterocycles. The van der Waals surface area contributed by atoms with Crippen LogP contribution >= 0.6 is 0 Å². The summed E-state index contributed by atoms with van der Waals surface area (Å²) in [5.74, 6) is 1.56. The van der Waals surface area contributed by atoms with Gasteiger partial charge in [0.2, 0.25) is 0 Å². The minimum Gasteiger partial charge on any atom is -0.451 e. The number of rotatable bonds is 3. The average molecular weight is 311 g/mol. The molecule has 2 fully saturated rings. The second-order valence-electron chi connectivity index (χ2n) is 6.57. The molecule has 1 aromatic heterocycles. The Balaban J connectivity index is 1.46. The lowest BCUT2D eigenvalue weighted by molar-refractivity contribution is 0.0882.